The fraction of sp³-hybridized carbons (Fsp3) is 0.375. The maximum atomic E-state index is 12.3. The van der Waals surface area contributed by atoms with Crippen LogP contribution in [0.1, 0.15) is 17.7 Å². The number of hydrogen-bond acceptors (Lipinski definition) is 4. The zero-order valence-corrected chi connectivity index (χ0v) is 7.37. The van der Waals surface area contributed by atoms with Crippen molar-refractivity contribution in [3.05, 3.63) is 17.3 Å². The summed E-state index contributed by atoms with van der Waals surface area (Å²) in [6, 6.07) is 0.835. The second-order valence-electron chi connectivity index (χ2n) is 2.51. The summed E-state index contributed by atoms with van der Waals surface area (Å²) in [5, 5.41) is 17.9. The van der Waals surface area contributed by atoms with Crippen LogP contribution in [0.5, 0.6) is 11.6 Å². The fourth-order valence-corrected chi connectivity index (χ4v) is 1.00. The Morgan fingerprint density at radius 1 is 1.57 bits per heavy atom. The molecule has 2 N–H and O–H groups in total. The van der Waals surface area contributed by atoms with Crippen LogP contribution in [0.3, 0.4) is 0 Å². The van der Waals surface area contributed by atoms with Gasteiger partial charge in [-0.3, -0.25) is 0 Å². The summed E-state index contributed by atoms with van der Waals surface area (Å²) in [5.74, 6) is -0.654. The van der Waals surface area contributed by atoms with Crippen LogP contribution in [0, 0.1) is 0 Å². The third-order valence-corrected chi connectivity index (χ3v) is 1.66. The maximum absolute atomic E-state index is 12.3. The number of alkyl halides is 2. The van der Waals surface area contributed by atoms with E-state index in [0.717, 1.165) is 6.07 Å². The van der Waals surface area contributed by atoms with Crippen LogP contribution in [0.4, 0.5) is 8.78 Å². The maximum Gasteiger partial charge on any atom is 0.265 e. The number of rotatable bonds is 3. The molecule has 0 atom stereocenters. The summed E-state index contributed by atoms with van der Waals surface area (Å²) in [5.41, 5.74) is -0.694. The van der Waals surface area contributed by atoms with Gasteiger partial charge >= 0.3 is 0 Å². The summed E-state index contributed by atoms with van der Waals surface area (Å²) in [6.07, 6.45) is -2.79. The minimum absolute atomic E-state index is 0.182. The van der Waals surface area contributed by atoms with Gasteiger partial charge in [-0.2, -0.15) is 0 Å². The van der Waals surface area contributed by atoms with Crippen LogP contribution in [-0.2, 0) is 6.61 Å². The van der Waals surface area contributed by atoms with E-state index in [1.165, 1.54) is 7.11 Å². The van der Waals surface area contributed by atoms with Crippen molar-refractivity contribution in [1.82, 2.24) is 4.98 Å². The molecule has 1 rings (SSSR count). The number of aliphatic hydroxyl groups is 1. The quantitative estimate of drug-likeness (QED) is 0.778. The Morgan fingerprint density at radius 3 is 2.64 bits per heavy atom. The molecule has 1 aromatic heterocycles. The predicted molar refractivity (Wildman–Crippen MR) is 43.3 cm³/mol. The Kier molecular flexibility index (Phi) is 3.19. The predicted octanol–water partition coefficient (Wildman–Crippen LogP) is 1.23. The number of pyridine rings is 1. The third-order valence-electron chi connectivity index (χ3n) is 1.66. The smallest absolute Gasteiger partial charge is 0.265 e. The Hall–Kier alpha value is -1.43. The molecule has 0 aliphatic rings. The van der Waals surface area contributed by atoms with Gasteiger partial charge in [0.2, 0.25) is 0 Å². The summed E-state index contributed by atoms with van der Waals surface area (Å²) < 4.78 is 29.3. The van der Waals surface area contributed by atoms with E-state index in [0.29, 0.717) is 0 Å². The minimum Gasteiger partial charge on any atom is -0.503 e. The second kappa shape index (κ2) is 4.19. The molecule has 78 valence electrons. The highest BCUT2D eigenvalue weighted by molar-refractivity contribution is 5.39. The molecule has 0 aliphatic heterocycles. The Morgan fingerprint density at radius 2 is 2.21 bits per heavy atom. The van der Waals surface area contributed by atoms with E-state index in [9.17, 15) is 8.78 Å². The molecule has 0 saturated heterocycles. The molecule has 0 amide bonds. The Bertz CT molecular complexity index is 331. The highest BCUT2D eigenvalue weighted by Crippen LogP contribution is 2.31. The van der Waals surface area contributed by atoms with E-state index in [2.05, 4.69) is 9.72 Å². The van der Waals surface area contributed by atoms with Crippen LogP contribution < -0.4 is 4.74 Å². The van der Waals surface area contributed by atoms with E-state index >= 15 is 0 Å². The van der Waals surface area contributed by atoms with Crippen molar-refractivity contribution in [3.8, 4) is 11.6 Å². The molecular weight excluding hydrogens is 196 g/mol. The van der Waals surface area contributed by atoms with Gasteiger partial charge in [0.1, 0.15) is 0 Å². The van der Waals surface area contributed by atoms with Crippen molar-refractivity contribution in [1.29, 1.82) is 0 Å². The number of methoxy groups -OCH3 is 1. The van der Waals surface area contributed by atoms with E-state index < -0.39 is 24.3 Å². The van der Waals surface area contributed by atoms with Gasteiger partial charge in [0, 0.05) is 5.56 Å². The van der Waals surface area contributed by atoms with Gasteiger partial charge < -0.3 is 14.9 Å². The van der Waals surface area contributed by atoms with E-state index in [1.807, 2.05) is 0 Å². The molecule has 0 aromatic carbocycles. The van der Waals surface area contributed by atoms with Crippen LogP contribution >= 0.6 is 0 Å². The molecule has 0 spiro atoms. The summed E-state index contributed by atoms with van der Waals surface area (Å²) >= 11 is 0. The molecular formula is C8H9F2NO3. The van der Waals surface area contributed by atoms with E-state index in [-0.39, 0.29) is 11.6 Å². The van der Waals surface area contributed by atoms with Crippen molar-refractivity contribution in [2.75, 3.05) is 7.11 Å². The first kappa shape index (κ1) is 10.6. The summed E-state index contributed by atoms with van der Waals surface area (Å²) in [4.78, 5) is 3.53. The van der Waals surface area contributed by atoms with Gasteiger partial charge in [0.15, 0.2) is 5.75 Å². The molecule has 0 saturated carbocycles. The largest absolute Gasteiger partial charge is 0.503 e. The first-order valence-corrected chi connectivity index (χ1v) is 3.76. The van der Waals surface area contributed by atoms with Crippen molar-refractivity contribution in [3.63, 3.8) is 0 Å². The molecule has 1 heterocycles. The SMILES string of the molecule is COc1nc(CO)c(C(F)F)cc1O. The lowest BCUT2D eigenvalue weighted by molar-refractivity contribution is 0.145. The number of halogens is 2. The van der Waals surface area contributed by atoms with Gasteiger partial charge in [0.25, 0.3) is 12.3 Å². The van der Waals surface area contributed by atoms with Crippen molar-refractivity contribution < 1.29 is 23.7 Å². The van der Waals surface area contributed by atoms with Gasteiger partial charge in [-0.15, -0.1) is 0 Å². The van der Waals surface area contributed by atoms with Crippen molar-refractivity contribution >= 4 is 0 Å². The molecule has 0 unspecified atom stereocenters. The van der Waals surface area contributed by atoms with Crippen LogP contribution in [0.25, 0.3) is 0 Å². The molecule has 14 heavy (non-hydrogen) atoms. The third kappa shape index (κ3) is 1.90. The molecule has 6 heteroatoms. The minimum atomic E-state index is -2.79. The van der Waals surface area contributed by atoms with Gasteiger partial charge in [0.05, 0.1) is 19.4 Å². The second-order valence-corrected chi connectivity index (χ2v) is 2.51. The van der Waals surface area contributed by atoms with Gasteiger partial charge in [-0.25, -0.2) is 13.8 Å². The Balaban J connectivity index is 3.24. The van der Waals surface area contributed by atoms with Crippen LogP contribution in [0.2, 0.25) is 0 Å². The molecule has 0 aliphatic carbocycles. The summed E-state index contributed by atoms with van der Waals surface area (Å²) in [7, 11) is 1.24. The Labute approximate surface area is 78.8 Å². The average Bonchev–Trinajstić information content (AvgIpc) is 2.17. The average molecular weight is 205 g/mol. The molecule has 0 fully saturated rings. The topological polar surface area (TPSA) is 62.6 Å². The first-order chi connectivity index (χ1) is 6.60. The van der Waals surface area contributed by atoms with Gasteiger partial charge in [-0.1, -0.05) is 0 Å². The number of aromatic nitrogens is 1. The monoisotopic (exact) mass is 205 g/mol. The number of nitrogens with zero attached hydrogens (tertiary/aromatic N) is 1. The normalized spacial score (nSPS) is 10.6. The molecule has 0 bridgehead atoms. The van der Waals surface area contributed by atoms with Crippen LogP contribution in [-0.4, -0.2) is 22.3 Å². The lowest BCUT2D eigenvalue weighted by atomic mass is 10.2. The highest BCUT2D eigenvalue weighted by atomic mass is 19.3. The van der Waals surface area contributed by atoms with Gasteiger partial charge in [-0.05, 0) is 6.07 Å². The zero-order valence-electron chi connectivity index (χ0n) is 7.37. The first-order valence-electron chi connectivity index (χ1n) is 3.76. The number of ether oxygens (including phenoxy) is 1. The van der Waals surface area contributed by atoms with E-state index in [4.69, 9.17) is 10.2 Å². The standard InChI is InChI=1S/C8H9F2NO3/c1-14-8-6(13)2-4(7(9)10)5(3-12)11-8/h2,7,12-13H,3H2,1H3. The lowest BCUT2D eigenvalue weighted by Gasteiger charge is -2.09. The number of aliphatic hydroxyl groups excluding tert-OH is 1. The van der Waals surface area contributed by atoms with Crippen molar-refractivity contribution in [2.24, 2.45) is 0 Å². The number of hydrogen-bond donors (Lipinski definition) is 2. The number of aromatic hydroxyl groups is 1. The molecule has 0 radical (unpaired) electrons. The van der Waals surface area contributed by atoms with E-state index in [1.54, 1.807) is 0 Å². The molecule has 1 aromatic rings. The molecule has 4 nitrogen and oxygen atoms in total. The van der Waals surface area contributed by atoms with Crippen molar-refractivity contribution in [2.45, 2.75) is 13.0 Å². The highest BCUT2D eigenvalue weighted by Gasteiger charge is 2.17. The van der Waals surface area contributed by atoms with Crippen LogP contribution in [0.15, 0.2) is 6.07 Å². The summed E-state index contributed by atoms with van der Waals surface area (Å²) in [6.45, 7) is -0.629. The lowest BCUT2D eigenvalue weighted by Crippen LogP contribution is -2.00. The zero-order chi connectivity index (χ0) is 10.7. The fourth-order valence-electron chi connectivity index (χ4n) is 1.00.